The molecule has 0 radical (unpaired) electrons. The van der Waals surface area contributed by atoms with Gasteiger partial charge in [-0.05, 0) is 18.4 Å². The number of aromatic nitrogens is 4. The highest BCUT2D eigenvalue weighted by atomic mass is 16.5. The van der Waals surface area contributed by atoms with Crippen molar-refractivity contribution in [2.75, 3.05) is 0 Å². The summed E-state index contributed by atoms with van der Waals surface area (Å²) in [6.07, 6.45) is 6.32. The van der Waals surface area contributed by atoms with Gasteiger partial charge >= 0.3 is 0 Å². The third-order valence-electron chi connectivity index (χ3n) is 3.91. The van der Waals surface area contributed by atoms with Crippen LogP contribution in [-0.4, -0.2) is 19.9 Å². The Labute approximate surface area is 134 Å². The molecule has 0 amide bonds. The summed E-state index contributed by atoms with van der Waals surface area (Å²) in [5.41, 5.74) is 2.39. The first-order valence-corrected chi connectivity index (χ1v) is 7.95. The molecule has 3 aromatic rings. The van der Waals surface area contributed by atoms with E-state index in [9.17, 15) is 0 Å². The molecule has 1 fully saturated rings. The van der Waals surface area contributed by atoms with Crippen LogP contribution in [-0.2, 0) is 19.6 Å². The van der Waals surface area contributed by atoms with E-state index in [0.717, 1.165) is 24.5 Å². The summed E-state index contributed by atoms with van der Waals surface area (Å²) >= 11 is 0. The van der Waals surface area contributed by atoms with E-state index in [2.05, 4.69) is 38.9 Å². The average Bonchev–Trinajstić information content (AvgIpc) is 3.16. The summed E-state index contributed by atoms with van der Waals surface area (Å²) in [5.74, 6) is 2.05. The van der Waals surface area contributed by atoms with Crippen molar-refractivity contribution in [3.05, 3.63) is 65.6 Å². The Morgan fingerprint density at radius 3 is 2.83 bits per heavy atom. The molecule has 1 aliphatic carbocycles. The molecule has 4 rings (SSSR count). The molecule has 23 heavy (non-hydrogen) atoms. The highest BCUT2D eigenvalue weighted by Crippen LogP contribution is 2.38. The van der Waals surface area contributed by atoms with Crippen LogP contribution in [0.5, 0.6) is 0 Å². The molecular formula is C17H19N5O. The quantitative estimate of drug-likeness (QED) is 0.726. The molecule has 0 saturated heterocycles. The molecule has 0 atom stereocenters. The Bertz CT molecular complexity index is 760. The number of nitrogens with zero attached hydrogens (tertiary/aromatic N) is 4. The molecule has 0 bridgehead atoms. The van der Waals surface area contributed by atoms with E-state index in [4.69, 9.17) is 4.52 Å². The fourth-order valence-electron chi connectivity index (χ4n) is 2.52. The van der Waals surface area contributed by atoms with Gasteiger partial charge in [0.25, 0.3) is 0 Å². The third kappa shape index (κ3) is 3.65. The van der Waals surface area contributed by atoms with Gasteiger partial charge in [0.1, 0.15) is 0 Å². The molecule has 0 unspecified atom stereocenters. The normalized spacial score (nSPS) is 14.3. The maximum Gasteiger partial charge on any atom is 0.240 e. The molecule has 6 nitrogen and oxygen atoms in total. The Morgan fingerprint density at radius 2 is 2.00 bits per heavy atom. The lowest BCUT2D eigenvalue weighted by Crippen LogP contribution is -2.12. The van der Waals surface area contributed by atoms with Crippen LogP contribution in [0.3, 0.4) is 0 Å². The predicted molar refractivity (Wildman–Crippen MR) is 84.6 cm³/mol. The van der Waals surface area contributed by atoms with Crippen molar-refractivity contribution in [1.82, 2.24) is 25.2 Å². The summed E-state index contributed by atoms with van der Waals surface area (Å²) < 4.78 is 7.19. The van der Waals surface area contributed by atoms with Crippen LogP contribution in [0, 0.1) is 0 Å². The lowest BCUT2D eigenvalue weighted by molar-refractivity contribution is 0.362. The third-order valence-corrected chi connectivity index (χ3v) is 3.91. The van der Waals surface area contributed by atoms with E-state index in [1.54, 1.807) is 0 Å². The van der Waals surface area contributed by atoms with Crippen molar-refractivity contribution in [3.63, 3.8) is 0 Å². The van der Waals surface area contributed by atoms with E-state index < -0.39 is 0 Å². The summed E-state index contributed by atoms with van der Waals surface area (Å²) in [5, 5.41) is 11.7. The van der Waals surface area contributed by atoms with Crippen molar-refractivity contribution in [2.24, 2.45) is 0 Å². The Kier molecular flexibility index (Phi) is 3.90. The lowest BCUT2D eigenvalue weighted by atomic mass is 10.2. The molecule has 1 aliphatic rings. The van der Waals surface area contributed by atoms with Crippen molar-refractivity contribution in [1.29, 1.82) is 0 Å². The van der Waals surface area contributed by atoms with Gasteiger partial charge in [0.05, 0.1) is 19.3 Å². The second-order valence-corrected chi connectivity index (χ2v) is 5.96. The Balaban J connectivity index is 1.27. The highest BCUT2D eigenvalue weighted by molar-refractivity contribution is 5.15. The van der Waals surface area contributed by atoms with Crippen LogP contribution < -0.4 is 5.32 Å². The first kappa shape index (κ1) is 14.1. The molecule has 6 heteroatoms. The Hall–Kier alpha value is -2.47. The fraction of sp³-hybridized carbons (Fsp3) is 0.353. The zero-order chi connectivity index (χ0) is 15.5. The maximum atomic E-state index is 5.24. The molecule has 2 heterocycles. The van der Waals surface area contributed by atoms with Gasteiger partial charge in [-0.15, -0.1) is 0 Å². The standard InChI is InChI=1S/C17H19N5O/c1-2-4-13(5-3-1)11-22-12-14(9-19-22)8-18-10-16-20-17(21-23-16)15-6-7-15/h1-5,9,12,15,18H,6-8,10-11H2. The van der Waals surface area contributed by atoms with Gasteiger partial charge in [0.2, 0.25) is 5.89 Å². The largest absolute Gasteiger partial charge is 0.338 e. The highest BCUT2D eigenvalue weighted by Gasteiger charge is 2.28. The molecule has 0 aliphatic heterocycles. The van der Waals surface area contributed by atoms with Crippen molar-refractivity contribution >= 4 is 0 Å². The summed E-state index contributed by atoms with van der Waals surface area (Å²) in [6.45, 7) is 2.11. The van der Waals surface area contributed by atoms with Crippen LogP contribution >= 0.6 is 0 Å². The van der Waals surface area contributed by atoms with E-state index in [0.29, 0.717) is 18.4 Å². The Morgan fingerprint density at radius 1 is 1.13 bits per heavy atom. The van der Waals surface area contributed by atoms with Gasteiger partial charge in [-0.1, -0.05) is 35.5 Å². The van der Waals surface area contributed by atoms with E-state index in [1.807, 2.05) is 29.1 Å². The van der Waals surface area contributed by atoms with Crippen LogP contribution in [0.1, 0.15) is 41.6 Å². The molecule has 118 valence electrons. The predicted octanol–water partition coefficient (Wildman–Crippen LogP) is 2.48. The van der Waals surface area contributed by atoms with Gasteiger partial charge in [0.15, 0.2) is 5.82 Å². The molecular weight excluding hydrogens is 290 g/mol. The first-order valence-electron chi connectivity index (χ1n) is 7.95. The van der Waals surface area contributed by atoms with Crippen LogP contribution in [0.4, 0.5) is 0 Å². The van der Waals surface area contributed by atoms with Crippen LogP contribution in [0.25, 0.3) is 0 Å². The summed E-state index contributed by atoms with van der Waals surface area (Å²) in [6, 6.07) is 10.3. The number of hydrogen-bond donors (Lipinski definition) is 1. The van der Waals surface area contributed by atoms with Gasteiger partial charge in [-0.25, -0.2) is 0 Å². The van der Waals surface area contributed by atoms with Crippen molar-refractivity contribution in [3.8, 4) is 0 Å². The van der Waals surface area contributed by atoms with Gasteiger partial charge in [-0.3, -0.25) is 4.68 Å². The average molecular weight is 309 g/mol. The molecule has 0 spiro atoms. The van der Waals surface area contributed by atoms with Crippen molar-refractivity contribution in [2.45, 2.75) is 38.4 Å². The van der Waals surface area contributed by atoms with Gasteiger partial charge < -0.3 is 9.84 Å². The molecule has 1 N–H and O–H groups in total. The second-order valence-electron chi connectivity index (χ2n) is 5.96. The minimum Gasteiger partial charge on any atom is -0.338 e. The topological polar surface area (TPSA) is 68.8 Å². The molecule has 1 saturated carbocycles. The van der Waals surface area contributed by atoms with Crippen LogP contribution in [0.2, 0.25) is 0 Å². The number of nitrogens with one attached hydrogen (secondary N) is 1. The number of hydrogen-bond acceptors (Lipinski definition) is 5. The summed E-state index contributed by atoms with van der Waals surface area (Å²) in [4.78, 5) is 4.40. The monoisotopic (exact) mass is 309 g/mol. The number of benzene rings is 1. The first-order chi connectivity index (χ1) is 11.4. The van der Waals surface area contributed by atoms with E-state index in [1.165, 1.54) is 18.4 Å². The number of rotatable bonds is 7. The minimum atomic E-state index is 0.531. The van der Waals surface area contributed by atoms with E-state index in [-0.39, 0.29) is 0 Å². The summed E-state index contributed by atoms with van der Waals surface area (Å²) in [7, 11) is 0. The second kappa shape index (κ2) is 6.34. The zero-order valence-electron chi connectivity index (χ0n) is 12.9. The maximum absolute atomic E-state index is 5.24. The SMILES string of the molecule is c1ccc(Cn2cc(CNCc3nc(C4CC4)no3)cn2)cc1. The van der Waals surface area contributed by atoms with Crippen molar-refractivity contribution < 1.29 is 4.52 Å². The van der Waals surface area contributed by atoms with E-state index >= 15 is 0 Å². The zero-order valence-corrected chi connectivity index (χ0v) is 12.9. The van der Waals surface area contributed by atoms with Gasteiger partial charge in [0, 0.05) is 24.2 Å². The molecule has 1 aromatic carbocycles. The lowest BCUT2D eigenvalue weighted by Gasteiger charge is -2.01. The van der Waals surface area contributed by atoms with Crippen LogP contribution in [0.15, 0.2) is 47.2 Å². The fourth-order valence-corrected chi connectivity index (χ4v) is 2.52. The van der Waals surface area contributed by atoms with Gasteiger partial charge in [-0.2, -0.15) is 10.1 Å². The smallest absolute Gasteiger partial charge is 0.240 e. The minimum absolute atomic E-state index is 0.531. The molecule has 2 aromatic heterocycles.